The highest BCUT2D eigenvalue weighted by Crippen LogP contribution is 2.37. The molecule has 0 amide bonds. The van der Waals surface area contributed by atoms with E-state index in [9.17, 15) is 14.0 Å². The fraction of sp³-hybridized carbons (Fsp3) is 0.429. The SMILES string of the molecule is O=C(O)C[C@@H]1CCCC(=O)[C@H]1c1ccc(F)cc1. The van der Waals surface area contributed by atoms with Crippen molar-refractivity contribution in [3.63, 3.8) is 0 Å². The van der Waals surface area contributed by atoms with Crippen LogP contribution < -0.4 is 0 Å². The summed E-state index contributed by atoms with van der Waals surface area (Å²) in [4.78, 5) is 22.8. The Balaban J connectivity index is 2.26. The van der Waals surface area contributed by atoms with Crippen molar-refractivity contribution in [2.24, 2.45) is 5.92 Å². The highest BCUT2D eigenvalue weighted by molar-refractivity contribution is 5.87. The van der Waals surface area contributed by atoms with Gasteiger partial charge in [0.1, 0.15) is 11.6 Å². The molecule has 2 atom stereocenters. The molecule has 0 bridgehead atoms. The Morgan fingerprint density at radius 1 is 1.33 bits per heavy atom. The first kappa shape index (κ1) is 12.7. The van der Waals surface area contributed by atoms with Crippen molar-refractivity contribution < 1.29 is 19.1 Å². The van der Waals surface area contributed by atoms with Gasteiger partial charge in [-0.3, -0.25) is 9.59 Å². The van der Waals surface area contributed by atoms with E-state index in [2.05, 4.69) is 0 Å². The maximum Gasteiger partial charge on any atom is 0.303 e. The molecule has 1 aliphatic rings. The number of carbonyl (C=O) groups excluding carboxylic acids is 1. The zero-order valence-electron chi connectivity index (χ0n) is 9.93. The van der Waals surface area contributed by atoms with Crippen molar-refractivity contribution in [1.82, 2.24) is 0 Å². The Kier molecular flexibility index (Phi) is 3.75. The molecule has 3 nitrogen and oxygen atoms in total. The Morgan fingerprint density at radius 3 is 2.61 bits per heavy atom. The summed E-state index contributed by atoms with van der Waals surface area (Å²) >= 11 is 0. The largest absolute Gasteiger partial charge is 0.481 e. The average Bonchev–Trinajstić information content (AvgIpc) is 2.30. The van der Waals surface area contributed by atoms with Crippen LogP contribution in [0.15, 0.2) is 24.3 Å². The second kappa shape index (κ2) is 5.29. The topological polar surface area (TPSA) is 54.4 Å². The van der Waals surface area contributed by atoms with E-state index in [1.807, 2.05) is 0 Å². The molecule has 0 unspecified atom stereocenters. The van der Waals surface area contributed by atoms with Crippen LogP contribution in [0.5, 0.6) is 0 Å². The number of carbonyl (C=O) groups is 2. The minimum Gasteiger partial charge on any atom is -0.481 e. The van der Waals surface area contributed by atoms with Crippen LogP contribution in [0.2, 0.25) is 0 Å². The first-order valence-corrected chi connectivity index (χ1v) is 6.08. The van der Waals surface area contributed by atoms with Crippen molar-refractivity contribution in [1.29, 1.82) is 0 Å². The summed E-state index contributed by atoms with van der Waals surface area (Å²) in [6, 6.07) is 5.79. The van der Waals surface area contributed by atoms with Crippen LogP contribution in [0.3, 0.4) is 0 Å². The summed E-state index contributed by atoms with van der Waals surface area (Å²) in [6.07, 6.45) is 1.96. The maximum atomic E-state index is 12.9. The quantitative estimate of drug-likeness (QED) is 0.897. The van der Waals surface area contributed by atoms with Gasteiger partial charge in [0, 0.05) is 18.8 Å². The van der Waals surface area contributed by atoms with Crippen molar-refractivity contribution >= 4 is 11.8 Å². The lowest BCUT2D eigenvalue weighted by molar-refractivity contribution is -0.139. The smallest absolute Gasteiger partial charge is 0.303 e. The summed E-state index contributed by atoms with van der Waals surface area (Å²) in [5.41, 5.74) is 0.729. The van der Waals surface area contributed by atoms with Gasteiger partial charge in [-0.05, 0) is 36.5 Å². The lowest BCUT2D eigenvalue weighted by Crippen LogP contribution is -2.28. The van der Waals surface area contributed by atoms with Gasteiger partial charge in [-0.2, -0.15) is 0 Å². The van der Waals surface area contributed by atoms with Crippen molar-refractivity contribution in [2.75, 3.05) is 0 Å². The first-order valence-electron chi connectivity index (χ1n) is 6.08. The van der Waals surface area contributed by atoms with E-state index in [0.717, 1.165) is 18.4 Å². The number of hydrogen-bond acceptors (Lipinski definition) is 2. The fourth-order valence-corrected chi connectivity index (χ4v) is 2.70. The van der Waals surface area contributed by atoms with Crippen LogP contribution in [0.4, 0.5) is 4.39 Å². The molecule has 2 rings (SSSR count). The molecule has 1 aromatic rings. The number of halogens is 1. The average molecular weight is 250 g/mol. The van der Waals surface area contributed by atoms with Gasteiger partial charge < -0.3 is 5.11 Å². The van der Waals surface area contributed by atoms with Gasteiger partial charge in [-0.25, -0.2) is 4.39 Å². The Labute approximate surface area is 105 Å². The number of Topliss-reactive ketones (excluding diaryl/α,β-unsaturated/α-hetero) is 1. The van der Waals surface area contributed by atoms with Crippen molar-refractivity contribution in [3.8, 4) is 0 Å². The molecule has 0 aromatic heterocycles. The molecule has 0 aliphatic heterocycles. The van der Waals surface area contributed by atoms with Crippen LogP contribution in [0.25, 0.3) is 0 Å². The normalized spacial score (nSPS) is 23.9. The third kappa shape index (κ3) is 2.75. The number of benzene rings is 1. The molecule has 0 heterocycles. The maximum absolute atomic E-state index is 12.9. The van der Waals surface area contributed by atoms with Crippen LogP contribution >= 0.6 is 0 Å². The second-order valence-electron chi connectivity index (χ2n) is 4.75. The van der Waals surface area contributed by atoms with E-state index >= 15 is 0 Å². The minimum atomic E-state index is -0.887. The van der Waals surface area contributed by atoms with E-state index in [1.54, 1.807) is 12.1 Å². The van der Waals surface area contributed by atoms with Gasteiger partial charge >= 0.3 is 5.97 Å². The Hall–Kier alpha value is -1.71. The number of hydrogen-bond donors (Lipinski definition) is 1. The summed E-state index contributed by atoms with van der Waals surface area (Å²) in [5.74, 6) is -1.73. The minimum absolute atomic E-state index is 0.00617. The van der Waals surface area contributed by atoms with Crippen molar-refractivity contribution in [3.05, 3.63) is 35.6 Å². The molecule has 1 saturated carbocycles. The highest BCUT2D eigenvalue weighted by Gasteiger charge is 2.34. The number of ketones is 1. The zero-order valence-corrected chi connectivity index (χ0v) is 9.93. The Morgan fingerprint density at radius 2 is 2.00 bits per heavy atom. The van der Waals surface area contributed by atoms with E-state index in [-0.39, 0.29) is 23.9 Å². The number of rotatable bonds is 3. The second-order valence-corrected chi connectivity index (χ2v) is 4.75. The molecule has 18 heavy (non-hydrogen) atoms. The highest BCUT2D eigenvalue weighted by atomic mass is 19.1. The van der Waals surface area contributed by atoms with Gasteiger partial charge in [0.15, 0.2) is 0 Å². The summed E-state index contributed by atoms with van der Waals surface area (Å²) < 4.78 is 12.9. The van der Waals surface area contributed by atoms with Crippen LogP contribution in [-0.2, 0) is 9.59 Å². The fourth-order valence-electron chi connectivity index (χ4n) is 2.70. The lowest BCUT2D eigenvalue weighted by atomic mass is 9.73. The van der Waals surface area contributed by atoms with Crippen LogP contribution in [0, 0.1) is 11.7 Å². The molecule has 0 radical (unpaired) electrons. The molecule has 1 N–H and O–H groups in total. The predicted octanol–water partition coefficient (Wildman–Crippen LogP) is 2.75. The lowest BCUT2D eigenvalue weighted by Gasteiger charge is -2.29. The zero-order chi connectivity index (χ0) is 13.1. The van der Waals surface area contributed by atoms with E-state index in [4.69, 9.17) is 5.11 Å². The molecule has 4 heteroatoms. The van der Waals surface area contributed by atoms with Crippen molar-refractivity contribution in [2.45, 2.75) is 31.6 Å². The van der Waals surface area contributed by atoms with Gasteiger partial charge in [-0.1, -0.05) is 12.1 Å². The van der Waals surface area contributed by atoms with E-state index in [1.165, 1.54) is 12.1 Å². The van der Waals surface area contributed by atoms with E-state index in [0.29, 0.717) is 6.42 Å². The molecule has 96 valence electrons. The molecular formula is C14H15FO3. The molecule has 0 saturated heterocycles. The standard InChI is InChI=1S/C14H15FO3/c15-11-6-4-9(5-7-11)14-10(8-13(17)18)2-1-3-12(14)16/h4-7,10,14H,1-3,8H2,(H,17,18)/t10-,14-/m0/s1. The third-order valence-electron chi connectivity index (χ3n) is 3.48. The summed E-state index contributed by atoms with van der Waals surface area (Å²) in [5, 5.41) is 8.89. The molecule has 1 fully saturated rings. The summed E-state index contributed by atoms with van der Waals surface area (Å²) in [7, 11) is 0. The predicted molar refractivity (Wildman–Crippen MR) is 63.7 cm³/mol. The van der Waals surface area contributed by atoms with Crippen LogP contribution in [-0.4, -0.2) is 16.9 Å². The number of carboxylic acids is 1. The summed E-state index contributed by atoms with van der Waals surface area (Å²) in [6.45, 7) is 0. The molecule has 0 spiro atoms. The number of carboxylic acid groups (broad SMARTS) is 1. The molecule has 1 aliphatic carbocycles. The van der Waals surface area contributed by atoms with Gasteiger partial charge in [0.05, 0.1) is 0 Å². The van der Waals surface area contributed by atoms with Crippen LogP contribution in [0.1, 0.15) is 37.2 Å². The Bertz CT molecular complexity index is 453. The third-order valence-corrected chi connectivity index (χ3v) is 3.48. The van der Waals surface area contributed by atoms with E-state index < -0.39 is 11.9 Å². The van der Waals surface area contributed by atoms with Gasteiger partial charge in [0.25, 0.3) is 0 Å². The molecular weight excluding hydrogens is 235 g/mol. The number of aliphatic carboxylic acids is 1. The van der Waals surface area contributed by atoms with Gasteiger partial charge in [-0.15, -0.1) is 0 Å². The van der Waals surface area contributed by atoms with Gasteiger partial charge in [0.2, 0.25) is 0 Å². The monoisotopic (exact) mass is 250 g/mol. The first-order chi connectivity index (χ1) is 8.58. The molecule has 1 aromatic carbocycles.